The number of fused-ring (bicyclic) bond motifs is 2. The second kappa shape index (κ2) is 8.42. The first-order valence-electron chi connectivity index (χ1n) is 12.4. The predicted octanol–water partition coefficient (Wildman–Crippen LogP) is 5.39. The summed E-state index contributed by atoms with van der Waals surface area (Å²) in [6.07, 6.45) is 2.93. The Morgan fingerprint density at radius 1 is 0.971 bits per heavy atom. The molecule has 0 radical (unpaired) electrons. The smallest absolute Gasteiger partial charge is 0.319 e. The Hall–Kier alpha value is -2.85. The highest BCUT2D eigenvalue weighted by Crippen LogP contribution is 2.62. The SMILES string of the molecule is CCOC(=O)C1CC12CCc1ccc(O[Si](c3ccccc3)(c3ccccc3)C(C)(C)C)cc12. The second-order valence-corrected chi connectivity index (χ2v) is 15.0. The minimum Gasteiger partial charge on any atom is -0.534 e. The van der Waals surface area contributed by atoms with E-state index >= 15 is 0 Å². The van der Waals surface area contributed by atoms with E-state index in [4.69, 9.17) is 9.16 Å². The van der Waals surface area contributed by atoms with E-state index in [1.54, 1.807) is 0 Å². The van der Waals surface area contributed by atoms with Crippen LogP contribution < -0.4 is 14.8 Å². The van der Waals surface area contributed by atoms with Gasteiger partial charge in [0.15, 0.2) is 0 Å². The van der Waals surface area contributed by atoms with Crippen LogP contribution in [0, 0.1) is 5.92 Å². The molecule has 176 valence electrons. The zero-order valence-corrected chi connectivity index (χ0v) is 21.6. The van der Waals surface area contributed by atoms with Crippen molar-refractivity contribution in [3.63, 3.8) is 0 Å². The van der Waals surface area contributed by atoms with Crippen molar-refractivity contribution in [2.24, 2.45) is 5.92 Å². The first kappa shape index (κ1) is 22.9. The second-order valence-electron chi connectivity index (χ2n) is 10.7. The van der Waals surface area contributed by atoms with Crippen LogP contribution >= 0.6 is 0 Å². The standard InChI is InChI=1S/C30H34O3Si/c1-5-32-28(31)27-21-30(27)19-18-22-16-17-23(20-26(22)30)33-34(29(2,3)4,24-12-8-6-9-13-24)25-14-10-7-11-15-25/h6-17,20,27H,5,18-19,21H2,1-4H3. The molecule has 3 aromatic rings. The lowest BCUT2D eigenvalue weighted by atomic mass is 9.95. The molecule has 5 rings (SSSR count). The van der Waals surface area contributed by atoms with Crippen molar-refractivity contribution >= 4 is 24.7 Å². The number of hydrogen-bond donors (Lipinski definition) is 0. The van der Waals surface area contributed by atoms with Crippen molar-refractivity contribution < 1.29 is 14.0 Å². The van der Waals surface area contributed by atoms with Crippen molar-refractivity contribution in [1.29, 1.82) is 0 Å². The van der Waals surface area contributed by atoms with E-state index in [2.05, 4.69) is 99.6 Å². The fourth-order valence-corrected chi connectivity index (χ4v) is 10.5. The monoisotopic (exact) mass is 470 g/mol. The van der Waals surface area contributed by atoms with Gasteiger partial charge in [-0.15, -0.1) is 0 Å². The van der Waals surface area contributed by atoms with Crippen LogP contribution in [0.3, 0.4) is 0 Å². The van der Waals surface area contributed by atoms with Gasteiger partial charge >= 0.3 is 14.3 Å². The van der Waals surface area contributed by atoms with Crippen LogP contribution in [0.25, 0.3) is 0 Å². The van der Waals surface area contributed by atoms with Gasteiger partial charge < -0.3 is 9.16 Å². The topological polar surface area (TPSA) is 35.5 Å². The van der Waals surface area contributed by atoms with Crippen LogP contribution in [0.1, 0.15) is 51.7 Å². The summed E-state index contributed by atoms with van der Waals surface area (Å²) in [5, 5.41) is 2.43. The molecular formula is C30H34O3Si. The largest absolute Gasteiger partial charge is 0.534 e. The lowest BCUT2D eigenvalue weighted by molar-refractivity contribution is -0.145. The first-order valence-corrected chi connectivity index (χ1v) is 14.3. The number of benzene rings is 3. The molecule has 2 aliphatic carbocycles. The third kappa shape index (κ3) is 3.59. The summed E-state index contributed by atoms with van der Waals surface area (Å²) in [7, 11) is -2.69. The number of hydrogen-bond acceptors (Lipinski definition) is 3. The maximum atomic E-state index is 12.5. The summed E-state index contributed by atoms with van der Waals surface area (Å²) in [5.41, 5.74) is 2.58. The Morgan fingerprint density at radius 2 is 1.59 bits per heavy atom. The number of carbonyl (C=O) groups excluding carboxylic acids is 1. The maximum Gasteiger partial charge on any atom is 0.319 e. The lowest BCUT2D eigenvalue weighted by Gasteiger charge is -2.43. The van der Waals surface area contributed by atoms with Gasteiger partial charge in [0.25, 0.3) is 0 Å². The molecule has 0 N–H and O–H groups in total. The minimum absolute atomic E-state index is 0.0168. The van der Waals surface area contributed by atoms with Gasteiger partial charge in [-0.1, -0.05) is 87.5 Å². The Kier molecular flexibility index (Phi) is 5.68. The fourth-order valence-electron chi connectivity index (χ4n) is 6.05. The molecule has 0 aromatic heterocycles. The molecule has 2 unspecified atom stereocenters. The number of rotatable bonds is 6. The van der Waals surface area contributed by atoms with Gasteiger partial charge in [-0.2, -0.15) is 0 Å². The van der Waals surface area contributed by atoms with E-state index in [1.165, 1.54) is 21.5 Å². The third-order valence-electron chi connectivity index (χ3n) is 7.79. The van der Waals surface area contributed by atoms with Crippen LogP contribution in [0.5, 0.6) is 5.75 Å². The highest BCUT2D eigenvalue weighted by molar-refractivity contribution is 7.00. The van der Waals surface area contributed by atoms with Crippen LogP contribution in [0.4, 0.5) is 0 Å². The molecule has 0 amide bonds. The van der Waals surface area contributed by atoms with Crippen molar-refractivity contribution in [2.75, 3.05) is 6.61 Å². The highest BCUT2D eigenvalue weighted by atomic mass is 28.4. The lowest BCUT2D eigenvalue weighted by Crippen LogP contribution is -2.68. The van der Waals surface area contributed by atoms with Crippen molar-refractivity contribution in [2.45, 2.75) is 57.4 Å². The van der Waals surface area contributed by atoms with Crippen molar-refractivity contribution in [3.8, 4) is 5.75 Å². The van der Waals surface area contributed by atoms with Gasteiger partial charge in [-0.25, -0.2) is 0 Å². The molecule has 2 aliphatic rings. The summed E-state index contributed by atoms with van der Waals surface area (Å²) in [6, 6.07) is 28.1. The maximum absolute atomic E-state index is 12.5. The van der Waals surface area contributed by atoms with E-state index in [1.807, 2.05) is 6.92 Å². The predicted molar refractivity (Wildman–Crippen MR) is 139 cm³/mol. The summed E-state index contributed by atoms with van der Waals surface area (Å²) < 4.78 is 12.6. The summed E-state index contributed by atoms with van der Waals surface area (Å²) in [5.74, 6) is 0.842. The molecule has 0 saturated heterocycles. The summed E-state index contributed by atoms with van der Waals surface area (Å²) in [6.45, 7) is 9.21. The molecular weight excluding hydrogens is 436 g/mol. The molecule has 1 saturated carbocycles. The number of ether oxygens (including phenoxy) is 1. The van der Waals surface area contributed by atoms with Crippen molar-refractivity contribution in [1.82, 2.24) is 0 Å². The fraction of sp³-hybridized carbons (Fsp3) is 0.367. The highest BCUT2D eigenvalue weighted by Gasteiger charge is 2.62. The molecule has 0 bridgehead atoms. The quantitative estimate of drug-likeness (QED) is 0.358. The van der Waals surface area contributed by atoms with Gasteiger partial charge in [-0.05, 0) is 64.9 Å². The first-order chi connectivity index (χ1) is 16.3. The van der Waals surface area contributed by atoms with E-state index in [-0.39, 0.29) is 22.3 Å². The Morgan fingerprint density at radius 3 is 2.15 bits per heavy atom. The molecule has 0 heterocycles. The number of carbonyl (C=O) groups is 1. The summed E-state index contributed by atoms with van der Waals surface area (Å²) >= 11 is 0. The summed E-state index contributed by atoms with van der Waals surface area (Å²) in [4.78, 5) is 12.5. The molecule has 1 fully saturated rings. The van der Waals surface area contributed by atoms with E-state index in [9.17, 15) is 4.79 Å². The zero-order valence-electron chi connectivity index (χ0n) is 20.6. The molecule has 1 spiro atoms. The molecule has 0 aliphatic heterocycles. The van der Waals surface area contributed by atoms with Crippen LogP contribution in [0.2, 0.25) is 5.04 Å². The molecule has 34 heavy (non-hydrogen) atoms. The Balaban J connectivity index is 1.59. The van der Waals surface area contributed by atoms with Gasteiger partial charge in [0.05, 0.1) is 12.5 Å². The van der Waals surface area contributed by atoms with Gasteiger partial charge in [-0.3, -0.25) is 4.79 Å². The third-order valence-corrected chi connectivity index (χ3v) is 12.7. The molecule has 2 atom stereocenters. The zero-order chi connectivity index (χ0) is 24.0. The number of aryl methyl sites for hydroxylation is 1. The van der Waals surface area contributed by atoms with Crippen LogP contribution in [-0.4, -0.2) is 20.9 Å². The van der Waals surface area contributed by atoms with E-state index in [0.717, 1.165) is 25.0 Å². The minimum atomic E-state index is -2.69. The normalized spacial score (nSPS) is 21.2. The Bertz CT molecular complexity index is 1140. The van der Waals surface area contributed by atoms with Gasteiger partial charge in [0, 0.05) is 5.41 Å². The Labute approximate surface area is 204 Å². The molecule has 4 heteroatoms. The van der Waals surface area contributed by atoms with Gasteiger partial charge in [0.1, 0.15) is 5.75 Å². The van der Waals surface area contributed by atoms with Crippen molar-refractivity contribution in [3.05, 3.63) is 90.0 Å². The average Bonchev–Trinajstić information content (AvgIpc) is 3.47. The molecule has 3 aromatic carbocycles. The number of esters is 1. The van der Waals surface area contributed by atoms with Gasteiger partial charge in [0.2, 0.25) is 0 Å². The van der Waals surface area contributed by atoms with Crippen LogP contribution in [-0.2, 0) is 21.4 Å². The van der Waals surface area contributed by atoms with E-state index < -0.39 is 8.32 Å². The van der Waals surface area contributed by atoms with E-state index in [0.29, 0.717) is 6.61 Å². The molecule has 3 nitrogen and oxygen atoms in total. The van der Waals surface area contributed by atoms with Crippen LogP contribution in [0.15, 0.2) is 78.9 Å². The average molecular weight is 471 g/mol.